The zero-order chi connectivity index (χ0) is 20.0. The summed E-state index contributed by atoms with van der Waals surface area (Å²) in [7, 11) is -3.12. The van der Waals surface area contributed by atoms with Gasteiger partial charge in [0.1, 0.15) is 0 Å². The number of fused-ring (bicyclic) bond motifs is 1. The van der Waals surface area contributed by atoms with Crippen LogP contribution in [0.2, 0.25) is 0 Å². The van der Waals surface area contributed by atoms with Crippen LogP contribution in [0, 0.1) is 0 Å². The molecule has 1 saturated heterocycles. The Morgan fingerprint density at radius 2 is 1.90 bits per heavy atom. The van der Waals surface area contributed by atoms with Gasteiger partial charge in [-0.25, -0.2) is 12.7 Å². The summed E-state index contributed by atoms with van der Waals surface area (Å²) in [5.74, 6) is 0.268. The van der Waals surface area contributed by atoms with Crippen molar-refractivity contribution in [1.82, 2.24) is 29.0 Å². The molecule has 0 radical (unpaired) electrons. The van der Waals surface area contributed by atoms with Crippen molar-refractivity contribution in [1.29, 1.82) is 0 Å². The number of pyridine rings is 1. The minimum absolute atomic E-state index is 0.00731. The first-order valence-electron chi connectivity index (χ1n) is 9.52. The number of piperidine rings is 1. The van der Waals surface area contributed by atoms with E-state index in [0.717, 1.165) is 12.8 Å². The van der Waals surface area contributed by atoms with Crippen molar-refractivity contribution in [3.8, 4) is 17.6 Å². The predicted octanol–water partition coefficient (Wildman–Crippen LogP) is 1.85. The van der Waals surface area contributed by atoms with Crippen molar-refractivity contribution >= 4 is 20.9 Å². The third-order valence-electron chi connectivity index (χ3n) is 5.35. The normalized spacial score (nSPS) is 18.9. The van der Waals surface area contributed by atoms with E-state index in [1.54, 1.807) is 33.6 Å². The van der Waals surface area contributed by atoms with E-state index in [0.29, 0.717) is 42.6 Å². The molecule has 1 N–H and O–H groups in total. The Kier molecular flexibility index (Phi) is 4.36. The van der Waals surface area contributed by atoms with Gasteiger partial charge in [0.05, 0.1) is 40.8 Å². The molecule has 152 valence electrons. The predicted molar refractivity (Wildman–Crippen MR) is 103 cm³/mol. The van der Waals surface area contributed by atoms with Gasteiger partial charge in [-0.05, 0) is 31.7 Å². The molecule has 0 aromatic carbocycles. The number of nitrogens with zero attached hydrogens (tertiary/aromatic N) is 6. The van der Waals surface area contributed by atoms with Gasteiger partial charge >= 0.3 is 6.01 Å². The van der Waals surface area contributed by atoms with E-state index >= 15 is 0 Å². The number of hydrogen-bond donors (Lipinski definition) is 1. The maximum atomic E-state index is 12.4. The highest BCUT2D eigenvalue weighted by Gasteiger charge is 2.41. The van der Waals surface area contributed by atoms with Crippen LogP contribution in [0.4, 0.5) is 0 Å². The molecule has 29 heavy (non-hydrogen) atoms. The van der Waals surface area contributed by atoms with E-state index in [-0.39, 0.29) is 23.2 Å². The first kappa shape index (κ1) is 18.3. The molecule has 0 atom stereocenters. The largest absolute Gasteiger partial charge is 0.493 e. The second-order valence-electron chi connectivity index (χ2n) is 7.36. The highest BCUT2D eigenvalue weighted by atomic mass is 32.2. The van der Waals surface area contributed by atoms with Gasteiger partial charge in [0.25, 0.3) is 0 Å². The lowest BCUT2D eigenvalue weighted by Crippen LogP contribution is -2.40. The van der Waals surface area contributed by atoms with Crippen LogP contribution < -0.4 is 4.74 Å². The standard InChI is InChI=1S/C18H20N6O4S/c25-17-15-3-6-19-10-16(15)21-18(22-17)28-13-9-20-24(11-13)12-4-7-23(8-5-12)29(26,27)14-1-2-14/h3,6,9-12,14H,1-2,4-5,7-8H2,(H,21,22,25). The van der Waals surface area contributed by atoms with Crippen LogP contribution in [0.1, 0.15) is 31.7 Å². The van der Waals surface area contributed by atoms with Crippen LogP contribution in [0.25, 0.3) is 10.9 Å². The Morgan fingerprint density at radius 3 is 2.66 bits per heavy atom. The number of sulfonamides is 1. The molecule has 0 spiro atoms. The Hall–Kier alpha value is -2.79. The summed E-state index contributed by atoms with van der Waals surface area (Å²) in [5.41, 5.74) is 0.478. The number of rotatable bonds is 5. The van der Waals surface area contributed by atoms with Gasteiger partial charge in [-0.2, -0.15) is 15.1 Å². The number of hydrogen-bond acceptors (Lipinski definition) is 8. The van der Waals surface area contributed by atoms with Crippen LogP contribution in [0.15, 0.2) is 30.9 Å². The quantitative estimate of drug-likeness (QED) is 0.668. The van der Waals surface area contributed by atoms with Crippen molar-refractivity contribution in [2.24, 2.45) is 0 Å². The number of aromatic hydroxyl groups is 1. The minimum Gasteiger partial charge on any atom is -0.493 e. The van der Waals surface area contributed by atoms with Crippen molar-refractivity contribution in [2.45, 2.75) is 37.0 Å². The number of aromatic nitrogens is 5. The summed E-state index contributed by atoms with van der Waals surface area (Å²) in [4.78, 5) is 12.2. The molecule has 1 aliphatic carbocycles. The first-order chi connectivity index (χ1) is 14.0. The molecule has 0 amide bonds. The second-order valence-corrected chi connectivity index (χ2v) is 9.57. The van der Waals surface area contributed by atoms with Gasteiger partial charge in [0.15, 0.2) is 5.75 Å². The lowest BCUT2D eigenvalue weighted by molar-refractivity contribution is 0.260. The minimum atomic E-state index is -3.12. The molecule has 1 aliphatic heterocycles. The Balaban J connectivity index is 1.27. The molecular weight excluding hydrogens is 396 g/mol. The zero-order valence-electron chi connectivity index (χ0n) is 15.5. The monoisotopic (exact) mass is 416 g/mol. The van der Waals surface area contributed by atoms with Crippen LogP contribution >= 0.6 is 0 Å². The maximum absolute atomic E-state index is 12.4. The molecule has 3 aromatic rings. The summed E-state index contributed by atoms with van der Waals surface area (Å²) in [6, 6.07) is 1.74. The van der Waals surface area contributed by atoms with Gasteiger partial charge in [0.2, 0.25) is 15.9 Å². The van der Waals surface area contributed by atoms with Crippen molar-refractivity contribution in [3.05, 3.63) is 30.9 Å². The zero-order valence-corrected chi connectivity index (χ0v) is 16.4. The van der Waals surface area contributed by atoms with Crippen LogP contribution in [-0.2, 0) is 10.0 Å². The van der Waals surface area contributed by atoms with Gasteiger partial charge in [-0.3, -0.25) is 9.67 Å². The Labute approximate surface area is 167 Å². The molecular formula is C18H20N6O4S. The second kappa shape index (κ2) is 6.92. The summed E-state index contributed by atoms with van der Waals surface area (Å²) >= 11 is 0. The fraction of sp³-hybridized carbons (Fsp3) is 0.444. The van der Waals surface area contributed by atoms with Crippen molar-refractivity contribution in [3.63, 3.8) is 0 Å². The van der Waals surface area contributed by atoms with Gasteiger partial charge in [-0.1, -0.05) is 0 Å². The molecule has 0 unspecified atom stereocenters. The lowest BCUT2D eigenvalue weighted by Gasteiger charge is -2.31. The maximum Gasteiger partial charge on any atom is 0.326 e. The van der Waals surface area contributed by atoms with Crippen molar-refractivity contribution < 1.29 is 18.3 Å². The molecule has 5 rings (SSSR count). The first-order valence-corrected chi connectivity index (χ1v) is 11.0. The average molecular weight is 416 g/mol. The van der Waals surface area contributed by atoms with Gasteiger partial charge < -0.3 is 9.84 Å². The van der Waals surface area contributed by atoms with E-state index in [1.807, 2.05) is 0 Å². The summed E-state index contributed by atoms with van der Waals surface area (Å²) < 4.78 is 33.8. The average Bonchev–Trinajstić information content (AvgIpc) is 3.49. The topological polar surface area (TPSA) is 123 Å². The Bertz CT molecular complexity index is 1150. The molecule has 3 aromatic heterocycles. The van der Waals surface area contributed by atoms with E-state index in [4.69, 9.17) is 4.74 Å². The number of ether oxygens (including phenoxy) is 1. The molecule has 1 saturated carbocycles. The Morgan fingerprint density at radius 1 is 1.10 bits per heavy atom. The molecule has 11 heteroatoms. The van der Waals surface area contributed by atoms with Crippen LogP contribution in [0.3, 0.4) is 0 Å². The fourth-order valence-electron chi connectivity index (χ4n) is 3.61. The van der Waals surface area contributed by atoms with E-state index in [2.05, 4.69) is 20.1 Å². The highest BCUT2D eigenvalue weighted by molar-refractivity contribution is 7.90. The van der Waals surface area contributed by atoms with E-state index < -0.39 is 10.0 Å². The molecule has 0 bridgehead atoms. The fourth-order valence-corrected chi connectivity index (χ4v) is 5.48. The van der Waals surface area contributed by atoms with Crippen molar-refractivity contribution in [2.75, 3.05) is 13.1 Å². The third-order valence-corrected chi connectivity index (χ3v) is 7.75. The SMILES string of the molecule is O=S(=O)(C1CC1)N1CCC(n2cc(Oc3nc(O)c4ccncc4n3)cn2)CC1. The smallest absolute Gasteiger partial charge is 0.326 e. The lowest BCUT2D eigenvalue weighted by atomic mass is 10.1. The van der Waals surface area contributed by atoms with Gasteiger partial charge in [-0.15, -0.1) is 0 Å². The van der Waals surface area contributed by atoms with E-state index in [1.165, 1.54) is 6.20 Å². The van der Waals surface area contributed by atoms with Crippen LogP contribution in [0.5, 0.6) is 17.6 Å². The third kappa shape index (κ3) is 3.51. The summed E-state index contributed by atoms with van der Waals surface area (Å²) in [5, 5.41) is 14.7. The van der Waals surface area contributed by atoms with Gasteiger partial charge in [0, 0.05) is 19.3 Å². The molecule has 4 heterocycles. The molecule has 2 aliphatic rings. The molecule has 2 fully saturated rings. The summed E-state index contributed by atoms with van der Waals surface area (Å²) in [6.07, 6.45) is 9.34. The summed E-state index contributed by atoms with van der Waals surface area (Å²) in [6.45, 7) is 1.02. The van der Waals surface area contributed by atoms with Crippen LogP contribution in [-0.4, -0.2) is 60.9 Å². The van der Waals surface area contributed by atoms with E-state index in [9.17, 15) is 13.5 Å². The highest BCUT2D eigenvalue weighted by Crippen LogP contribution is 2.34. The molecule has 10 nitrogen and oxygen atoms in total.